The van der Waals surface area contributed by atoms with Crippen molar-refractivity contribution in [2.75, 3.05) is 0 Å². The maximum Gasteiger partial charge on any atom is 0.242 e. The molecule has 2 aromatic carbocycles. The second-order valence-electron chi connectivity index (χ2n) is 6.68. The van der Waals surface area contributed by atoms with E-state index in [-0.39, 0.29) is 6.04 Å². The van der Waals surface area contributed by atoms with Gasteiger partial charge < -0.3 is 19.9 Å². The molecular formula is C22H21ClN4O3. The molecular weight excluding hydrogens is 404 g/mol. The molecule has 0 saturated carbocycles. The zero-order valence-electron chi connectivity index (χ0n) is 16.1. The Labute approximate surface area is 178 Å². The molecule has 154 valence electrons. The van der Waals surface area contributed by atoms with Crippen LogP contribution in [0.2, 0.25) is 5.02 Å². The molecule has 0 aliphatic carbocycles. The summed E-state index contributed by atoms with van der Waals surface area (Å²) in [7, 11) is 0. The fourth-order valence-corrected chi connectivity index (χ4v) is 3.65. The maximum absolute atomic E-state index is 8.25. The summed E-state index contributed by atoms with van der Waals surface area (Å²) in [5.74, 6) is 0. The molecule has 0 amide bonds. The third-order valence-electron chi connectivity index (χ3n) is 4.76. The van der Waals surface area contributed by atoms with Crippen molar-refractivity contribution in [3.63, 3.8) is 0 Å². The highest BCUT2D eigenvalue weighted by Gasteiger charge is 2.22. The fraction of sp³-hybridized carbons (Fsp3) is 0.136. The lowest BCUT2D eigenvalue weighted by Crippen LogP contribution is -2.37. The van der Waals surface area contributed by atoms with E-state index in [0.717, 1.165) is 18.0 Å². The van der Waals surface area contributed by atoms with Gasteiger partial charge in [0, 0.05) is 40.7 Å². The van der Waals surface area contributed by atoms with Crippen molar-refractivity contribution in [3.05, 3.63) is 118 Å². The predicted molar refractivity (Wildman–Crippen MR) is 117 cm³/mol. The highest BCUT2D eigenvalue weighted by Crippen LogP contribution is 2.29. The Morgan fingerprint density at radius 2 is 1.90 bits per heavy atom. The number of imidazole rings is 1. The van der Waals surface area contributed by atoms with Crippen LogP contribution in [-0.2, 0) is 6.54 Å². The lowest BCUT2D eigenvalue weighted by molar-refractivity contribution is -0.711. The smallest absolute Gasteiger partial charge is 0.242 e. The monoisotopic (exact) mass is 424 g/mol. The van der Waals surface area contributed by atoms with Crippen LogP contribution in [0.1, 0.15) is 23.6 Å². The van der Waals surface area contributed by atoms with Crippen LogP contribution < -0.4 is 4.57 Å². The molecule has 2 heterocycles. The number of H-pyrrole nitrogens is 1. The molecule has 0 radical (unpaired) electrons. The first-order chi connectivity index (χ1) is 14.5. The van der Waals surface area contributed by atoms with Gasteiger partial charge in [0.25, 0.3) is 0 Å². The molecule has 0 spiro atoms. The van der Waals surface area contributed by atoms with E-state index in [0.29, 0.717) is 0 Å². The Balaban J connectivity index is 0.000000589. The van der Waals surface area contributed by atoms with E-state index < -0.39 is 5.09 Å². The molecule has 1 N–H and O–H groups in total. The molecule has 7 nitrogen and oxygen atoms in total. The van der Waals surface area contributed by atoms with Crippen LogP contribution >= 0.6 is 11.6 Å². The molecule has 30 heavy (non-hydrogen) atoms. The van der Waals surface area contributed by atoms with E-state index in [1.807, 2.05) is 30.7 Å². The molecule has 1 atom stereocenters. The maximum atomic E-state index is 8.25. The zero-order chi connectivity index (χ0) is 21.5. The minimum Gasteiger partial charge on any atom is -0.356 e. The van der Waals surface area contributed by atoms with Crippen LogP contribution in [0.3, 0.4) is 0 Å². The number of fused-ring (bicyclic) bond motifs is 1. The molecule has 4 rings (SSSR count). The summed E-state index contributed by atoms with van der Waals surface area (Å²) in [6.07, 6.45) is 11.1. The van der Waals surface area contributed by atoms with Gasteiger partial charge in [-0.15, -0.1) is 6.58 Å². The van der Waals surface area contributed by atoms with Gasteiger partial charge in [0.15, 0.2) is 0 Å². The van der Waals surface area contributed by atoms with Gasteiger partial charge in [0.1, 0.15) is 18.4 Å². The molecule has 8 heteroatoms. The van der Waals surface area contributed by atoms with Crippen molar-refractivity contribution in [3.8, 4) is 0 Å². The number of nitrogens with zero attached hydrogens (tertiary/aromatic N) is 3. The molecule has 0 bridgehead atoms. The minimum absolute atomic E-state index is 0.218. The Hall–Kier alpha value is -3.58. The van der Waals surface area contributed by atoms with Gasteiger partial charge in [0.2, 0.25) is 6.33 Å². The summed E-state index contributed by atoms with van der Waals surface area (Å²) >= 11 is 6.03. The van der Waals surface area contributed by atoms with E-state index in [1.165, 1.54) is 22.0 Å². The van der Waals surface area contributed by atoms with Crippen LogP contribution in [0.4, 0.5) is 0 Å². The summed E-state index contributed by atoms with van der Waals surface area (Å²) in [6, 6.07) is 16.8. The van der Waals surface area contributed by atoms with E-state index in [4.69, 9.17) is 26.9 Å². The van der Waals surface area contributed by atoms with Crippen molar-refractivity contribution in [1.29, 1.82) is 0 Å². The van der Waals surface area contributed by atoms with E-state index >= 15 is 0 Å². The number of para-hydroxylation sites is 1. The van der Waals surface area contributed by atoms with Crippen LogP contribution in [0.15, 0.2) is 86.1 Å². The lowest BCUT2D eigenvalue weighted by Gasteiger charge is -2.11. The summed E-state index contributed by atoms with van der Waals surface area (Å²) in [5.41, 5.74) is 3.78. The van der Waals surface area contributed by atoms with E-state index in [1.54, 1.807) is 0 Å². The van der Waals surface area contributed by atoms with Crippen LogP contribution in [0.5, 0.6) is 0 Å². The number of aromatic amines is 1. The van der Waals surface area contributed by atoms with Gasteiger partial charge in [-0.2, -0.15) is 0 Å². The standard InChI is InChI=1S/C22H20ClN3.NO3/c1-2-5-21(25-13-12-24-16-25)20-15-26(22-7-4-3-6-19(20)22)14-17-8-10-18(23)11-9-17;2-1(3)4/h2-4,6-13,15-16,21H,1,5,14H2;/q;-1/p+1. The van der Waals surface area contributed by atoms with Crippen molar-refractivity contribution in [1.82, 2.24) is 9.55 Å². The first-order valence-electron chi connectivity index (χ1n) is 9.27. The number of halogens is 1. The Kier molecular flexibility index (Phi) is 6.87. The predicted octanol–water partition coefficient (Wildman–Crippen LogP) is 4.89. The van der Waals surface area contributed by atoms with Gasteiger partial charge in [-0.05, 0) is 23.8 Å². The van der Waals surface area contributed by atoms with Gasteiger partial charge in [-0.25, -0.2) is 4.57 Å². The number of rotatable bonds is 6. The topological polar surface area (TPSA) is 90.8 Å². The third kappa shape index (κ3) is 5.07. The molecule has 0 saturated heterocycles. The Bertz CT molecular complexity index is 1120. The fourth-order valence-electron chi connectivity index (χ4n) is 3.52. The molecule has 0 aliphatic rings. The second kappa shape index (κ2) is 9.76. The quantitative estimate of drug-likeness (QED) is 0.207. The van der Waals surface area contributed by atoms with E-state index in [2.05, 4.69) is 69.5 Å². The molecule has 0 aliphatic heterocycles. The molecule has 1 unspecified atom stereocenters. The molecule has 4 aromatic rings. The van der Waals surface area contributed by atoms with Crippen molar-refractivity contribution < 1.29 is 9.65 Å². The van der Waals surface area contributed by atoms with E-state index in [9.17, 15) is 0 Å². The SMILES string of the molecule is C=CCC(c1cn(Cc2ccc(Cl)cc2)c2ccccc12)[n+]1cc[nH]c1.O=[N+]([O-])[O-]. The summed E-state index contributed by atoms with van der Waals surface area (Å²) < 4.78 is 4.52. The number of hydrogen-bond donors (Lipinski definition) is 1. The number of hydrogen-bond acceptors (Lipinski definition) is 3. The van der Waals surface area contributed by atoms with Crippen molar-refractivity contribution in [2.24, 2.45) is 0 Å². The lowest BCUT2D eigenvalue weighted by atomic mass is 10.0. The number of nitrogens with one attached hydrogen (secondary N) is 1. The van der Waals surface area contributed by atoms with Gasteiger partial charge in [-0.3, -0.25) is 4.98 Å². The van der Waals surface area contributed by atoms with Gasteiger partial charge >= 0.3 is 0 Å². The number of allylic oxidation sites excluding steroid dienone is 1. The number of aromatic nitrogens is 3. The zero-order valence-corrected chi connectivity index (χ0v) is 16.9. The first-order valence-corrected chi connectivity index (χ1v) is 9.65. The average Bonchev–Trinajstić information content (AvgIpc) is 3.37. The summed E-state index contributed by atoms with van der Waals surface area (Å²) in [6.45, 7) is 4.77. The van der Waals surface area contributed by atoms with Gasteiger partial charge in [0.05, 0.1) is 5.09 Å². The first kappa shape index (κ1) is 21.1. The largest absolute Gasteiger partial charge is 0.356 e. The minimum atomic E-state index is -1.75. The summed E-state index contributed by atoms with van der Waals surface area (Å²) in [4.78, 5) is 11.4. The Morgan fingerprint density at radius 1 is 1.20 bits per heavy atom. The third-order valence-corrected chi connectivity index (χ3v) is 5.01. The average molecular weight is 425 g/mol. The second-order valence-corrected chi connectivity index (χ2v) is 7.11. The van der Waals surface area contributed by atoms with Crippen LogP contribution in [0.25, 0.3) is 10.9 Å². The summed E-state index contributed by atoms with van der Waals surface area (Å²) in [5, 5.41) is 16.8. The van der Waals surface area contributed by atoms with Crippen molar-refractivity contribution >= 4 is 22.5 Å². The number of benzene rings is 2. The van der Waals surface area contributed by atoms with Crippen molar-refractivity contribution in [2.45, 2.75) is 19.0 Å². The highest BCUT2D eigenvalue weighted by atomic mass is 35.5. The van der Waals surface area contributed by atoms with Gasteiger partial charge in [-0.1, -0.05) is 48.0 Å². The highest BCUT2D eigenvalue weighted by molar-refractivity contribution is 6.30. The molecule has 2 aromatic heterocycles. The Morgan fingerprint density at radius 3 is 2.53 bits per heavy atom. The molecule has 0 fully saturated rings. The van der Waals surface area contributed by atoms with Crippen LogP contribution in [0, 0.1) is 15.3 Å². The normalized spacial score (nSPS) is 11.5. The van der Waals surface area contributed by atoms with Crippen LogP contribution in [-0.4, -0.2) is 14.6 Å².